The van der Waals surface area contributed by atoms with Crippen LogP contribution in [0, 0.1) is 17.5 Å². The number of aliphatic hydroxyl groups is 1. The van der Waals surface area contributed by atoms with E-state index < -0.39 is 41.6 Å². The summed E-state index contributed by atoms with van der Waals surface area (Å²) in [6.45, 7) is -0.361. The lowest BCUT2D eigenvalue weighted by Crippen LogP contribution is -2.31. The molecule has 1 heterocycles. The highest BCUT2D eigenvalue weighted by molar-refractivity contribution is 5.94. The molecule has 0 aromatic heterocycles. The average Bonchev–Trinajstić information content (AvgIpc) is 2.73. The van der Waals surface area contributed by atoms with Crippen molar-refractivity contribution in [1.29, 1.82) is 0 Å². The molecule has 1 aliphatic heterocycles. The van der Waals surface area contributed by atoms with Gasteiger partial charge in [-0.2, -0.15) is 0 Å². The first-order chi connectivity index (χ1) is 15.3. The highest BCUT2D eigenvalue weighted by Gasteiger charge is 2.18. The van der Waals surface area contributed by atoms with Crippen LogP contribution < -0.4 is 15.5 Å². The number of anilines is 2. The molecule has 170 valence electrons. The summed E-state index contributed by atoms with van der Waals surface area (Å²) in [5, 5.41) is 15.2. The van der Waals surface area contributed by atoms with E-state index in [-0.39, 0.29) is 25.3 Å². The van der Waals surface area contributed by atoms with Crippen LogP contribution in [0.4, 0.5) is 24.5 Å². The molecule has 0 saturated heterocycles. The minimum atomic E-state index is -1.12. The summed E-state index contributed by atoms with van der Waals surface area (Å²) < 4.78 is 40.2. The van der Waals surface area contributed by atoms with E-state index in [1.807, 2.05) is 0 Å². The lowest BCUT2D eigenvalue weighted by Gasteiger charge is -2.23. The van der Waals surface area contributed by atoms with Gasteiger partial charge in [0.1, 0.15) is 17.5 Å². The summed E-state index contributed by atoms with van der Waals surface area (Å²) in [5.41, 5.74) is 1.70. The quantitative estimate of drug-likeness (QED) is 0.512. The van der Waals surface area contributed by atoms with Gasteiger partial charge in [0.05, 0.1) is 12.5 Å². The van der Waals surface area contributed by atoms with Gasteiger partial charge >= 0.3 is 0 Å². The molecule has 10 heteroatoms. The maximum Gasteiger partial charge on any atom is 0.224 e. The summed E-state index contributed by atoms with van der Waals surface area (Å²) in [6, 6.07) is 6.19. The number of fused-ring (bicyclic) bond motifs is 1. The SMILES string of the molecule is O=CN(CCC(O)CC(=O)NCc1c(F)cc(F)cc1F)c1ccc2c(c1)CCC(=O)N2. The first-order valence-corrected chi connectivity index (χ1v) is 9.99. The van der Waals surface area contributed by atoms with Crippen LogP contribution in [0.25, 0.3) is 0 Å². The van der Waals surface area contributed by atoms with Crippen LogP contribution in [0.2, 0.25) is 0 Å². The number of hydrogen-bond acceptors (Lipinski definition) is 4. The third kappa shape index (κ3) is 5.85. The molecule has 7 nitrogen and oxygen atoms in total. The van der Waals surface area contributed by atoms with Crippen LogP contribution in [0.15, 0.2) is 30.3 Å². The molecule has 2 aromatic rings. The summed E-state index contributed by atoms with van der Waals surface area (Å²) in [5.74, 6) is -4.01. The molecule has 0 fully saturated rings. The topological polar surface area (TPSA) is 98.7 Å². The Hall–Kier alpha value is -3.40. The van der Waals surface area contributed by atoms with E-state index >= 15 is 0 Å². The zero-order chi connectivity index (χ0) is 23.3. The highest BCUT2D eigenvalue weighted by atomic mass is 19.1. The van der Waals surface area contributed by atoms with Crippen LogP contribution in [0.5, 0.6) is 0 Å². The minimum absolute atomic E-state index is 0.0659. The molecule has 0 spiro atoms. The predicted molar refractivity (Wildman–Crippen MR) is 110 cm³/mol. The van der Waals surface area contributed by atoms with Gasteiger partial charge in [-0.1, -0.05) is 0 Å². The minimum Gasteiger partial charge on any atom is -0.393 e. The van der Waals surface area contributed by atoms with Gasteiger partial charge in [0.25, 0.3) is 0 Å². The monoisotopic (exact) mass is 449 g/mol. The lowest BCUT2D eigenvalue weighted by atomic mass is 10.0. The normalized spacial score (nSPS) is 13.7. The number of carbonyl (C=O) groups excluding carboxylic acids is 3. The van der Waals surface area contributed by atoms with Crippen molar-refractivity contribution in [3.8, 4) is 0 Å². The van der Waals surface area contributed by atoms with Gasteiger partial charge in [0.2, 0.25) is 18.2 Å². The van der Waals surface area contributed by atoms with Crippen LogP contribution in [-0.2, 0) is 27.3 Å². The Balaban J connectivity index is 1.50. The molecule has 2 aromatic carbocycles. The van der Waals surface area contributed by atoms with E-state index in [4.69, 9.17) is 0 Å². The fraction of sp³-hybridized carbons (Fsp3) is 0.318. The predicted octanol–water partition coefficient (Wildman–Crippen LogP) is 2.41. The van der Waals surface area contributed by atoms with Gasteiger partial charge in [0.15, 0.2) is 0 Å². The third-order valence-corrected chi connectivity index (χ3v) is 5.14. The van der Waals surface area contributed by atoms with Crippen LogP contribution in [0.1, 0.15) is 30.4 Å². The van der Waals surface area contributed by atoms with Gasteiger partial charge in [-0.15, -0.1) is 0 Å². The Kier molecular flexibility index (Phi) is 7.47. The third-order valence-electron chi connectivity index (χ3n) is 5.14. The molecule has 0 bridgehead atoms. The van der Waals surface area contributed by atoms with Crippen LogP contribution in [-0.4, -0.2) is 36.0 Å². The van der Waals surface area contributed by atoms with Crippen molar-refractivity contribution in [3.05, 3.63) is 58.9 Å². The number of aliphatic hydroxyl groups excluding tert-OH is 1. The second-order valence-corrected chi connectivity index (χ2v) is 7.46. The van der Waals surface area contributed by atoms with Crippen molar-refractivity contribution in [2.75, 3.05) is 16.8 Å². The first kappa shape index (κ1) is 23.3. The van der Waals surface area contributed by atoms with Gasteiger partial charge in [-0.05, 0) is 36.6 Å². The Morgan fingerprint density at radius 3 is 2.59 bits per heavy atom. The van der Waals surface area contributed by atoms with Crippen molar-refractivity contribution in [1.82, 2.24) is 5.32 Å². The first-order valence-electron chi connectivity index (χ1n) is 9.99. The number of benzene rings is 2. The molecule has 1 aliphatic rings. The van der Waals surface area contributed by atoms with Crippen molar-refractivity contribution in [2.45, 2.75) is 38.3 Å². The van der Waals surface area contributed by atoms with Gasteiger partial charge < -0.3 is 20.6 Å². The molecule has 1 atom stereocenters. The Labute approximate surface area is 182 Å². The number of amides is 3. The van der Waals surface area contributed by atoms with Crippen molar-refractivity contribution in [3.63, 3.8) is 0 Å². The second-order valence-electron chi connectivity index (χ2n) is 7.46. The van der Waals surface area contributed by atoms with Crippen molar-refractivity contribution < 1.29 is 32.7 Å². The van der Waals surface area contributed by atoms with E-state index in [0.717, 1.165) is 5.56 Å². The van der Waals surface area contributed by atoms with Crippen LogP contribution in [0.3, 0.4) is 0 Å². The highest BCUT2D eigenvalue weighted by Crippen LogP contribution is 2.27. The molecule has 32 heavy (non-hydrogen) atoms. The zero-order valence-corrected chi connectivity index (χ0v) is 17.0. The number of hydrogen-bond donors (Lipinski definition) is 3. The number of nitrogens with one attached hydrogen (secondary N) is 2. The number of aryl methyl sites for hydroxylation is 1. The molecule has 3 amide bonds. The summed E-state index contributed by atoms with van der Waals surface area (Å²) in [4.78, 5) is 36.3. The number of rotatable bonds is 9. The molecular formula is C22H22F3N3O4. The fourth-order valence-corrected chi connectivity index (χ4v) is 3.40. The number of halogens is 3. The molecule has 1 unspecified atom stereocenters. The molecule has 0 radical (unpaired) electrons. The lowest BCUT2D eigenvalue weighted by molar-refractivity contribution is -0.123. The van der Waals surface area contributed by atoms with Gasteiger partial charge in [0, 0.05) is 48.6 Å². The van der Waals surface area contributed by atoms with Gasteiger partial charge in [-0.3, -0.25) is 14.4 Å². The largest absolute Gasteiger partial charge is 0.393 e. The average molecular weight is 449 g/mol. The van der Waals surface area contributed by atoms with Gasteiger partial charge in [-0.25, -0.2) is 13.2 Å². The fourth-order valence-electron chi connectivity index (χ4n) is 3.40. The Morgan fingerprint density at radius 1 is 1.19 bits per heavy atom. The summed E-state index contributed by atoms with van der Waals surface area (Å²) in [7, 11) is 0. The number of carbonyl (C=O) groups is 3. The molecule has 3 rings (SSSR count). The molecule has 0 saturated carbocycles. The van der Waals surface area contributed by atoms with Crippen LogP contribution >= 0.6 is 0 Å². The second kappa shape index (κ2) is 10.3. The zero-order valence-electron chi connectivity index (χ0n) is 17.0. The molecule has 3 N–H and O–H groups in total. The smallest absolute Gasteiger partial charge is 0.224 e. The maximum atomic E-state index is 13.6. The van der Waals surface area contributed by atoms with E-state index in [9.17, 15) is 32.7 Å². The molecule has 0 aliphatic carbocycles. The van der Waals surface area contributed by atoms with E-state index in [0.29, 0.717) is 42.8 Å². The van der Waals surface area contributed by atoms with E-state index in [1.165, 1.54) is 4.90 Å². The van der Waals surface area contributed by atoms with Crippen molar-refractivity contribution in [2.24, 2.45) is 0 Å². The Bertz CT molecular complexity index is 1010. The summed E-state index contributed by atoms with van der Waals surface area (Å²) in [6.07, 6.45) is 0.164. The Morgan fingerprint density at radius 2 is 1.91 bits per heavy atom. The summed E-state index contributed by atoms with van der Waals surface area (Å²) >= 11 is 0. The maximum absolute atomic E-state index is 13.6. The molecular weight excluding hydrogens is 427 g/mol. The standard InChI is InChI=1S/C22H22F3N3O4/c23-14-8-18(24)17(19(25)9-14)11-26-22(32)10-16(30)5-6-28(12-29)15-2-3-20-13(7-15)1-4-21(31)27-20/h2-3,7-9,12,16,30H,1,4-6,10-11H2,(H,26,32)(H,27,31). The van der Waals surface area contributed by atoms with E-state index in [1.54, 1.807) is 18.2 Å². The van der Waals surface area contributed by atoms with E-state index in [2.05, 4.69) is 10.6 Å². The van der Waals surface area contributed by atoms with Crippen molar-refractivity contribution >= 4 is 29.6 Å². The number of nitrogens with zero attached hydrogens (tertiary/aromatic N) is 1.